The number of carbonyl (C=O) groups is 2. The monoisotopic (exact) mass is 644 g/mol. The number of hydrogen-bond acceptors (Lipinski definition) is 5. The van der Waals surface area contributed by atoms with Crippen LogP contribution in [0, 0.1) is 0 Å². The summed E-state index contributed by atoms with van der Waals surface area (Å²) in [7, 11) is -4.22. The number of benzene rings is 3. The van der Waals surface area contributed by atoms with Crippen molar-refractivity contribution in [3.63, 3.8) is 0 Å². The predicted molar refractivity (Wildman–Crippen MR) is 150 cm³/mol. The number of hydrogen-bond donors (Lipinski definition) is 2. The Balaban J connectivity index is 1.53. The Morgan fingerprint density at radius 1 is 1.07 bits per heavy atom. The first-order valence-electron chi connectivity index (χ1n) is 12.6. The van der Waals surface area contributed by atoms with Gasteiger partial charge in [-0.15, -0.1) is 13.2 Å². The van der Waals surface area contributed by atoms with E-state index in [0.717, 1.165) is 4.31 Å². The Labute approximate surface area is 250 Å². The molecular formula is C28H25Cl2F3N2O6S. The zero-order valence-corrected chi connectivity index (χ0v) is 24.3. The van der Waals surface area contributed by atoms with Crippen molar-refractivity contribution in [1.82, 2.24) is 9.62 Å². The second kappa shape index (κ2) is 12.1. The van der Waals surface area contributed by atoms with Crippen molar-refractivity contribution in [2.24, 2.45) is 0 Å². The predicted octanol–water partition coefficient (Wildman–Crippen LogP) is 5.91. The molecule has 0 radical (unpaired) electrons. The van der Waals surface area contributed by atoms with Gasteiger partial charge in [-0.05, 0) is 55.2 Å². The lowest BCUT2D eigenvalue weighted by molar-refractivity contribution is -0.274. The van der Waals surface area contributed by atoms with Gasteiger partial charge in [0.05, 0.1) is 4.90 Å². The van der Waals surface area contributed by atoms with Crippen molar-refractivity contribution in [2.75, 3.05) is 6.54 Å². The molecule has 1 fully saturated rings. The Morgan fingerprint density at radius 3 is 2.29 bits per heavy atom. The third-order valence-electron chi connectivity index (χ3n) is 6.91. The number of para-hydroxylation sites is 1. The fourth-order valence-corrected chi connectivity index (χ4v) is 7.38. The molecule has 3 aromatic carbocycles. The summed E-state index contributed by atoms with van der Waals surface area (Å²) in [6.45, 7) is 1.45. The average Bonchev–Trinajstić information content (AvgIpc) is 3.31. The first kappa shape index (κ1) is 31.6. The van der Waals surface area contributed by atoms with E-state index in [1.165, 1.54) is 67.6 Å². The van der Waals surface area contributed by atoms with E-state index in [1.807, 2.05) is 0 Å². The van der Waals surface area contributed by atoms with E-state index < -0.39 is 45.6 Å². The van der Waals surface area contributed by atoms with Gasteiger partial charge in [0.25, 0.3) is 0 Å². The van der Waals surface area contributed by atoms with E-state index in [0.29, 0.717) is 17.5 Å². The van der Waals surface area contributed by atoms with Crippen LogP contribution in [0.1, 0.15) is 25.3 Å². The molecule has 42 heavy (non-hydrogen) atoms. The Bertz CT molecular complexity index is 1580. The van der Waals surface area contributed by atoms with E-state index in [4.69, 9.17) is 23.2 Å². The number of halogens is 5. The van der Waals surface area contributed by atoms with Crippen LogP contribution in [0.2, 0.25) is 10.0 Å². The highest BCUT2D eigenvalue weighted by atomic mass is 35.5. The molecule has 0 aromatic heterocycles. The third kappa shape index (κ3) is 7.00. The van der Waals surface area contributed by atoms with Crippen molar-refractivity contribution in [2.45, 2.75) is 49.0 Å². The minimum atomic E-state index is -4.88. The van der Waals surface area contributed by atoms with Gasteiger partial charge in [-0.25, -0.2) is 13.2 Å². The smallest absolute Gasteiger partial charge is 0.480 e. The highest BCUT2D eigenvalue weighted by Crippen LogP contribution is 2.37. The zero-order chi connectivity index (χ0) is 30.9. The quantitative estimate of drug-likeness (QED) is 0.299. The molecule has 1 amide bonds. The van der Waals surface area contributed by atoms with Crippen LogP contribution in [0.4, 0.5) is 13.2 Å². The maximum absolute atomic E-state index is 13.5. The number of aliphatic carboxylic acids is 1. The van der Waals surface area contributed by atoms with Crippen LogP contribution in [0.3, 0.4) is 0 Å². The maximum atomic E-state index is 13.5. The van der Waals surface area contributed by atoms with Crippen LogP contribution in [0.25, 0.3) is 11.1 Å². The molecule has 0 aliphatic carbocycles. The Hall–Kier alpha value is -3.32. The number of nitrogens with zero attached hydrogens (tertiary/aromatic N) is 1. The van der Waals surface area contributed by atoms with Crippen molar-refractivity contribution in [3.8, 4) is 16.9 Å². The molecular weight excluding hydrogens is 620 g/mol. The number of alkyl halides is 3. The molecule has 8 nitrogen and oxygen atoms in total. The van der Waals surface area contributed by atoms with Crippen LogP contribution in [-0.4, -0.2) is 54.2 Å². The molecule has 224 valence electrons. The van der Waals surface area contributed by atoms with Gasteiger partial charge in [0, 0.05) is 28.6 Å². The van der Waals surface area contributed by atoms with Gasteiger partial charge < -0.3 is 15.2 Å². The second-order valence-corrected chi connectivity index (χ2v) is 12.6. The molecule has 0 saturated carbocycles. The average molecular weight is 645 g/mol. The standard InChI is InChI=1S/C28H25Cl2F3N2O6S/c1-27(11-4-12-35(27)42(39,40)21-15-19(29)14-20(30)16-21)26(38)34-23(25(36)37)13-17-7-9-18(10-8-17)22-5-2-3-6-24(22)41-28(31,32)33/h2-3,5-10,14-16,23H,4,11-13H2,1H3,(H,34,38)(H,36,37)/t23-,27-/m0/s1. The molecule has 0 spiro atoms. The molecule has 1 heterocycles. The third-order valence-corrected chi connectivity index (χ3v) is 9.34. The summed E-state index contributed by atoms with van der Waals surface area (Å²) >= 11 is 12.0. The summed E-state index contributed by atoms with van der Waals surface area (Å²) in [4.78, 5) is 25.4. The minimum Gasteiger partial charge on any atom is -0.480 e. The molecule has 0 unspecified atom stereocenters. The zero-order valence-electron chi connectivity index (χ0n) is 22.0. The second-order valence-electron chi connectivity index (χ2n) is 9.87. The molecule has 3 aromatic rings. The summed E-state index contributed by atoms with van der Waals surface area (Å²) < 4.78 is 70.5. The fourth-order valence-electron chi connectivity index (χ4n) is 4.84. The summed E-state index contributed by atoms with van der Waals surface area (Å²) in [5, 5.41) is 12.5. The molecule has 14 heteroatoms. The Morgan fingerprint density at radius 2 is 1.69 bits per heavy atom. The highest BCUT2D eigenvalue weighted by Gasteiger charge is 2.50. The van der Waals surface area contributed by atoms with Gasteiger partial charge in [-0.1, -0.05) is 65.7 Å². The van der Waals surface area contributed by atoms with Gasteiger partial charge in [0.1, 0.15) is 17.3 Å². The van der Waals surface area contributed by atoms with E-state index in [-0.39, 0.29) is 39.9 Å². The number of carboxylic acid groups (broad SMARTS) is 1. The van der Waals surface area contributed by atoms with Crippen LogP contribution in [0.15, 0.2) is 71.6 Å². The number of nitrogens with one attached hydrogen (secondary N) is 1. The van der Waals surface area contributed by atoms with Crippen molar-refractivity contribution in [3.05, 3.63) is 82.3 Å². The normalized spacial score (nSPS) is 18.4. The van der Waals surface area contributed by atoms with E-state index in [2.05, 4.69) is 10.1 Å². The van der Waals surface area contributed by atoms with E-state index in [9.17, 15) is 36.3 Å². The summed E-state index contributed by atoms with van der Waals surface area (Å²) in [6, 6.07) is 14.1. The topological polar surface area (TPSA) is 113 Å². The molecule has 4 rings (SSSR count). The number of ether oxygens (including phenoxy) is 1. The van der Waals surface area contributed by atoms with Gasteiger partial charge >= 0.3 is 12.3 Å². The first-order chi connectivity index (χ1) is 19.6. The SMILES string of the molecule is C[C@@]1(C(=O)N[C@@H](Cc2ccc(-c3ccccc3OC(F)(F)F)cc2)C(=O)O)CCCN1S(=O)(=O)c1cc(Cl)cc(Cl)c1. The summed E-state index contributed by atoms with van der Waals surface area (Å²) in [6.07, 6.45) is -4.55. The van der Waals surface area contributed by atoms with Gasteiger partial charge in [-0.2, -0.15) is 4.31 Å². The molecule has 1 saturated heterocycles. The molecule has 2 N–H and O–H groups in total. The van der Waals surface area contributed by atoms with Crippen LogP contribution in [-0.2, 0) is 26.0 Å². The molecule has 1 aliphatic rings. The maximum Gasteiger partial charge on any atom is 0.573 e. The lowest BCUT2D eigenvalue weighted by atomic mass is 9.97. The van der Waals surface area contributed by atoms with Gasteiger partial charge in [0.15, 0.2) is 0 Å². The van der Waals surface area contributed by atoms with Crippen molar-refractivity contribution in [1.29, 1.82) is 0 Å². The molecule has 1 aliphatic heterocycles. The fraction of sp³-hybridized carbons (Fsp3) is 0.286. The molecule has 0 bridgehead atoms. The van der Waals surface area contributed by atoms with E-state index >= 15 is 0 Å². The van der Waals surface area contributed by atoms with Crippen LogP contribution < -0.4 is 10.1 Å². The number of rotatable bonds is 9. The van der Waals surface area contributed by atoms with Crippen molar-refractivity contribution < 1.29 is 41.0 Å². The number of carboxylic acids is 1. The van der Waals surface area contributed by atoms with E-state index in [1.54, 1.807) is 6.07 Å². The number of carbonyl (C=O) groups excluding carboxylic acids is 1. The Kier molecular flexibility index (Phi) is 9.12. The number of amides is 1. The van der Waals surface area contributed by atoms with Gasteiger partial charge in [-0.3, -0.25) is 4.79 Å². The van der Waals surface area contributed by atoms with Crippen LogP contribution in [0.5, 0.6) is 5.75 Å². The minimum absolute atomic E-state index is 0.0229. The lowest BCUT2D eigenvalue weighted by Crippen LogP contribution is -2.58. The van der Waals surface area contributed by atoms with Gasteiger partial charge in [0.2, 0.25) is 15.9 Å². The number of sulfonamides is 1. The summed E-state index contributed by atoms with van der Waals surface area (Å²) in [5.41, 5.74) is -0.543. The summed E-state index contributed by atoms with van der Waals surface area (Å²) in [5.74, 6) is -2.54. The first-order valence-corrected chi connectivity index (χ1v) is 14.8. The van der Waals surface area contributed by atoms with Crippen LogP contribution >= 0.6 is 23.2 Å². The molecule has 2 atom stereocenters. The largest absolute Gasteiger partial charge is 0.573 e. The lowest BCUT2D eigenvalue weighted by Gasteiger charge is -2.34. The van der Waals surface area contributed by atoms with Crippen molar-refractivity contribution >= 4 is 45.1 Å². The highest BCUT2D eigenvalue weighted by molar-refractivity contribution is 7.89.